The van der Waals surface area contributed by atoms with Crippen LogP contribution >= 0.6 is 0 Å². The van der Waals surface area contributed by atoms with E-state index in [0.717, 1.165) is 5.56 Å². The van der Waals surface area contributed by atoms with E-state index in [2.05, 4.69) is 62.4 Å². The van der Waals surface area contributed by atoms with Crippen molar-refractivity contribution in [2.45, 2.75) is 19.3 Å². The molecule has 0 amide bonds. The van der Waals surface area contributed by atoms with E-state index in [1.165, 1.54) is 27.8 Å². The summed E-state index contributed by atoms with van der Waals surface area (Å²) in [5.74, 6) is -0.203. The highest BCUT2D eigenvalue weighted by Gasteiger charge is 2.38. The fraction of sp³-hybridized carbons (Fsp3) is 0.130. The van der Waals surface area contributed by atoms with Gasteiger partial charge in [-0.3, -0.25) is 0 Å². The number of halogens is 1. The average molecular weight is 314 g/mol. The minimum absolute atomic E-state index is 0.0956. The van der Waals surface area contributed by atoms with Gasteiger partial charge in [0.1, 0.15) is 5.82 Å². The number of rotatable bonds is 2. The smallest absolute Gasteiger partial charge is 0.123 e. The first-order valence-electron chi connectivity index (χ1n) is 8.25. The van der Waals surface area contributed by atoms with E-state index in [1.54, 1.807) is 12.1 Å². The van der Waals surface area contributed by atoms with E-state index in [0.29, 0.717) is 0 Å². The number of hydrogen-bond donors (Lipinski definition) is 0. The lowest BCUT2D eigenvalue weighted by atomic mass is 9.78. The van der Waals surface area contributed by atoms with Gasteiger partial charge in [-0.15, -0.1) is 0 Å². The second-order valence-electron chi connectivity index (χ2n) is 6.79. The van der Waals surface area contributed by atoms with Gasteiger partial charge in [-0.1, -0.05) is 80.6 Å². The summed E-state index contributed by atoms with van der Waals surface area (Å²) < 4.78 is 13.4. The van der Waals surface area contributed by atoms with Gasteiger partial charge in [-0.25, -0.2) is 4.39 Å². The van der Waals surface area contributed by atoms with E-state index in [4.69, 9.17) is 0 Å². The zero-order valence-electron chi connectivity index (χ0n) is 13.9. The Balaban J connectivity index is 2.06. The van der Waals surface area contributed by atoms with Crippen LogP contribution < -0.4 is 0 Å². The zero-order valence-corrected chi connectivity index (χ0v) is 13.9. The van der Waals surface area contributed by atoms with E-state index < -0.39 is 0 Å². The molecule has 0 spiro atoms. The molecule has 0 radical (unpaired) electrons. The normalized spacial score (nSPS) is 15.5. The molecule has 4 rings (SSSR count). The third kappa shape index (κ3) is 2.20. The quantitative estimate of drug-likeness (QED) is 0.538. The maximum Gasteiger partial charge on any atom is 0.123 e. The van der Waals surface area contributed by atoms with Crippen LogP contribution in [0.15, 0.2) is 78.9 Å². The molecule has 0 unspecified atom stereocenters. The molecular formula is C23H19F. The summed E-state index contributed by atoms with van der Waals surface area (Å²) in [6, 6.07) is 25.9. The SMILES string of the molecule is CC1(C)C(c2ccccc2)=C(c2ccc(F)cc2)c2ccccc21. The van der Waals surface area contributed by atoms with Gasteiger partial charge in [0.25, 0.3) is 0 Å². The molecule has 0 aliphatic heterocycles. The Morgan fingerprint density at radius 2 is 1.29 bits per heavy atom. The predicted molar refractivity (Wildman–Crippen MR) is 98.2 cm³/mol. The molecule has 1 aliphatic rings. The number of fused-ring (bicyclic) bond motifs is 1. The van der Waals surface area contributed by atoms with Crippen LogP contribution in [0, 0.1) is 5.82 Å². The molecule has 3 aromatic rings. The van der Waals surface area contributed by atoms with Crippen molar-refractivity contribution in [2.75, 3.05) is 0 Å². The fourth-order valence-corrected chi connectivity index (χ4v) is 3.85. The maximum atomic E-state index is 13.4. The van der Waals surface area contributed by atoms with Crippen molar-refractivity contribution in [1.82, 2.24) is 0 Å². The van der Waals surface area contributed by atoms with Gasteiger partial charge in [0.15, 0.2) is 0 Å². The first kappa shape index (κ1) is 14.9. The number of allylic oxidation sites excluding steroid dienone is 1. The van der Waals surface area contributed by atoms with Crippen LogP contribution in [0.4, 0.5) is 4.39 Å². The van der Waals surface area contributed by atoms with Crippen molar-refractivity contribution in [1.29, 1.82) is 0 Å². The molecule has 1 heteroatoms. The Morgan fingerprint density at radius 1 is 0.667 bits per heavy atom. The predicted octanol–water partition coefficient (Wildman–Crippen LogP) is 6.08. The van der Waals surface area contributed by atoms with Gasteiger partial charge in [0.05, 0.1) is 0 Å². The van der Waals surface area contributed by atoms with Crippen molar-refractivity contribution in [3.05, 3.63) is 107 Å². The highest BCUT2D eigenvalue weighted by atomic mass is 19.1. The first-order valence-corrected chi connectivity index (χ1v) is 8.25. The van der Waals surface area contributed by atoms with Gasteiger partial charge in [0.2, 0.25) is 0 Å². The molecule has 0 N–H and O–H groups in total. The van der Waals surface area contributed by atoms with Crippen molar-refractivity contribution in [3.63, 3.8) is 0 Å². The number of benzene rings is 3. The highest BCUT2D eigenvalue weighted by molar-refractivity contribution is 6.07. The largest absolute Gasteiger partial charge is 0.207 e. The lowest BCUT2D eigenvalue weighted by Gasteiger charge is -2.25. The van der Waals surface area contributed by atoms with Gasteiger partial charge < -0.3 is 0 Å². The van der Waals surface area contributed by atoms with Crippen LogP contribution in [-0.2, 0) is 5.41 Å². The first-order chi connectivity index (χ1) is 11.6. The van der Waals surface area contributed by atoms with Crippen LogP contribution in [0.1, 0.15) is 36.1 Å². The molecule has 3 aromatic carbocycles. The van der Waals surface area contributed by atoms with E-state index in [-0.39, 0.29) is 11.2 Å². The average Bonchev–Trinajstić information content (AvgIpc) is 2.84. The summed E-state index contributed by atoms with van der Waals surface area (Å²) >= 11 is 0. The van der Waals surface area contributed by atoms with Crippen molar-refractivity contribution >= 4 is 11.1 Å². The topological polar surface area (TPSA) is 0 Å². The molecule has 1 aliphatic carbocycles. The van der Waals surface area contributed by atoms with Crippen LogP contribution in [0.25, 0.3) is 11.1 Å². The minimum atomic E-state index is -0.203. The third-order valence-electron chi connectivity index (χ3n) is 4.94. The molecule has 0 bridgehead atoms. The molecule has 0 nitrogen and oxygen atoms in total. The second kappa shape index (κ2) is 5.45. The Hall–Kier alpha value is -2.67. The summed E-state index contributed by atoms with van der Waals surface area (Å²) in [5, 5.41) is 0. The minimum Gasteiger partial charge on any atom is -0.207 e. The lowest BCUT2D eigenvalue weighted by Crippen LogP contribution is -2.16. The summed E-state index contributed by atoms with van der Waals surface area (Å²) in [6.45, 7) is 4.54. The maximum absolute atomic E-state index is 13.4. The molecule has 0 saturated heterocycles. The van der Waals surface area contributed by atoms with Gasteiger partial charge in [-0.05, 0) is 45.5 Å². The van der Waals surface area contributed by atoms with Gasteiger partial charge in [0, 0.05) is 5.41 Å². The van der Waals surface area contributed by atoms with Crippen molar-refractivity contribution < 1.29 is 4.39 Å². The second-order valence-corrected chi connectivity index (χ2v) is 6.79. The van der Waals surface area contributed by atoms with E-state index in [9.17, 15) is 4.39 Å². The third-order valence-corrected chi connectivity index (χ3v) is 4.94. The molecule has 0 heterocycles. The molecule has 24 heavy (non-hydrogen) atoms. The molecular weight excluding hydrogens is 295 g/mol. The van der Waals surface area contributed by atoms with Crippen LogP contribution in [0.5, 0.6) is 0 Å². The van der Waals surface area contributed by atoms with Gasteiger partial charge in [-0.2, -0.15) is 0 Å². The molecule has 118 valence electrons. The zero-order chi connectivity index (χ0) is 16.7. The number of hydrogen-bond acceptors (Lipinski definition) is 0. The molecule has 0 atom stereocenters. The lowest BCUT2D eigenvalue weighted by molar-refractivity contribution is 0.627. The Kier molecular flexibility index (Phi) is 3.38. The Morgan fingerprint density at radius 3 is 2.00 bits per heavy atom. The Bertz CT molecular complexity index is 916. The van der Waals surface area contributed by atoms with E-state index >= 15 is 0 Å². The highest BCUT2D eigenvalue weighted by Crippen LogP contribution is 2.52. The van der Waals surface area contributed by atoms with E-state index in [1.807, 2.05) is 18.2 Å². The van der Waals surface area contributed by atoms with Crippen LogP contribution in [0.2, 0.25) is 0 Å². The van der Waals surface area contributed by atoms with Crippen LogP contribution in [-0.4, -0.2) is 0 Å². The standard InChI is InChI=1S/C23H19F/c1-23(2)20-11-7-6-10-19(20)21(16-12-14-18(24)15-13-16)22(23)17-8-4-3-5-9-17/h3-15H,1-2H3. The molecule has 0 saturated carbocycles. The molecule has 0 aromatic heterocycles. The fourth-order valence-electron chi connectivity index (χ4n) is 3.85. The Labute approximate surface area is 142 Å². The summed E-state index contributed by atoms with van der Waals surface area (Å²) in [7, 11) is 0. The van der Waals surface area contributed by atoms with Crippen molar-refractivity contribution in [3.8, 4) is 0 Å². The summed E-state index contributed by atoms with van der Waals surface area (Å²) in [4.78, 5) is 0. The summed E-state index contributed by atoms with van der Waals surface area (Å²) in [6.07, 6.45) is 0. The van der Waals surface area contributed by atoms with Gasteiger partial charge >= 0.3 is 0 Å². The summed E-state index contributed by atoms with van der Waals surface area (Å²) in [5.41, 5.74) is 7.27. The van der Waals surface area contributed by atoms with Crippen molar-refractivity contribution in [2.24, 2.45) is 0 Å². The monoisotopic (exact) mass is 314 g/mol. The van der Waals surface area contributed by atoms with Crippen LogP contribution in [0.3, 0.4) is 0 Å². The molecule has 0 fully saturated rings.